The van der Waals surface area contributed by atoms with Crippen LogP contribution in [0.3, 0.4) is 0 Å². The van der Waals surface area contributed by atoms with Crippen LogP contribution in [-0.2, 0) is 24.4 Å². The van der Waals surface area contributed by atoms with Gasteiger partial charge in [0, 0.05) is 35.5 Å². The van der Waals surface area contributed by atoms with Crippen molar-refractivity contribution in [1.82, 2.24) is 20.0 Å². The molecule has 2 aromatic carbocycles. The van der Waals surface area contributed by atoms with Crippen LogP contribution in [0, 0.1) is 17.8 Å². The second-order valence-electron chi connectivity index (χ2n) is 13.6. The first-order valence-electron chi connectivity index (χ1n) is 16.9. The van der Waals surface area contributed by atoms with E-state index in [1.165, 1.54) is 5.01 Å². The molecular formula is C36H41N5O7S. The summed E-state index contributed by atoms with van der Waals surface area (Å²) >= 11 is 0. The molecule has 4 N–H and O–H groups in total. The lowest BCUT2D eigenvalue weighted by molar-refractivity contribution is -0.142. The number of pyridine rings is 1. The third-order valence-corrected chi connectivity index (χ3v) is 12.0. The molecule has 3 fully saturated rings. The van der Waals surface area contributed by atoms with Gasteiger partial charge in [0.1, 0.15) is 23.1 Å². The number of carbonyl (C=O) groups excluding carboxylic acids is 3. The van der Waals surface area contributed by atoms with E-state index in [9.17, 15) is 22.8 Å². The highest BCUT2D eigenvalue weighted by molar-refractivity contribution is 7.91. The van der Waals surface area contributed by atoms with Gasteiger partial charge in [-0.1, -0.05) is 42.5 Å². The van der Waals surface area contributed by atoms with Gasteiger partial charge >= 0.3 is 0 Å². The summed E-state index contributed by atoms with van der Waals surface area (Å²) in [5, 5.41) is 4.25. The number of sulfonamides is 1. The summed E-state index contributed by atoms with van der Waals surface area (Å²) in [5.74, 6) is 3.83. The van der Waals surface area contributed by atoms with E-state index in [0.717, 1.165) is 17.4 Å². The maximum Gasteiger partial charge on any atom is 0.259 e. The Labute approximate surface area is 285 Å². The zero-order valence-electron chi connectivity index (χ0n) is 27.3. The number of allylic oxidation sites excluding steroid dienone is 1. The molecule has 5 atom stereocenters. The highest BCUT2D eigenvalue weighted by Crippen LogP contribution is 2.47. The lowest BCUT2D eigenvalue weighted by Crippen LogP contribution is -2.54. The van der Waals surface area contributed by atoms with Crippen molar-refractivity contribution < 1.29 is 32.3 Å². The van der Waals surface area contributed by atoms with E-state index < -0.39 is 50.6 Å². The van der Waals surface area contributed by atoms with Crippen molar-refractivity contribution in [3.05, 3.63) is 66.7 Å². The SMILES string of the molecule is COc1ccc2c(O[C@@H]3C[C@H]4C(=O)N[C@]5(C(=O)NS(=O)(=O)C6CC6)C[C@H]5C=CCCCCN(N)C(=O)[C@@H]4C3)cc(-c3ccccc3)nc2c1. The summed E-state index contributed by atoms with van der Waals surface area (Å²) in [6, 6.07) is 17.1. The average Bonchev–Trinajstić information content (AvgIpc) is 4.02. The van der Waals surface area contributed by atoms with Crippen LogP contribution in [-0.4, -0.2) is 66.7 Å². The predicted octanol–water partition coefficient (Wildman–Crippen LogP) is 3.61. The van der Waals surface area contributed by atoms with Crippen molar-refractivity contribution >= 4 is 38.6 Å². The van der Waals surface area contributed by atoms with Crippen molar-refractivity contribution in [2.45, 2.75) is 68.3 Å². The summed E-state index contributed by atoms with van der Waals surface area (Å²) in [7, 11) is -2.24. The van der Waals surface area contributed by atoms with Crippen molar-refractivity contribution in [3.63, 3.8) is 0 Å². The zero-order valence-corrected chi connectivity index (χ0v) is 28.2. The molecule has 3 amide bonds. The number of carbonyl (C=O) groups is 3. The molecule has 1 aromatic heterocycles. The number of nitrogens with zero attached hydrogens (tertiary/aromatic N) is 2. The van der Waals surface area contributed by atoms with Crippen LogP contribution in [0.5, 0.6) is 11.5 Å². The van der Waals surface area contributed by atoms with Crippen LogP contribution in [0.15, 0.2) is 66.7 Å². The Hall–Kier alpha value is -4.49. The molecule has 0 unspecified atom stereocenters. The first-order chi connectivity index (χ1) is 23.6. The van der Waals surface area contributed by atoms with E-state index in [1.54, 1.807) is 7.11 Å². The van der Waals surface area contributed by atoms with Gasteiger partial charge in [0.2, 0.25) is 21.8 Å². The molecule has 1 aliphatic heterocycles. The number of fused-ring (bicyclic) bond motifs is 3. The number of benzene rings is 2. The number of hydrogen-bond acceptors (Lipinski definition) is 9. The maximum absolute atomic E-state index is 14.1. The van der Waals surface area contributed by atoms with Crippen molar-refractivity contribution in [3.8, 4) is 22.8 Å². The Bertz CT molecular complexity index is 1920. The Balaban J connectivity index is 1.19. The molecule has 49 heavy (non-hydrogen) atoms. The minimum absolute atomic E-state index is 0.190. The average molecular weight is 688 g/mol. The Morgan fingerprint density at radius 2 is 1.84 bits per heavy atom. The molecule has 0 saturated heterocycles. The normalized spacial score (nSPS) is 27.4. The van der Waals surface area contributed by atoms with Gasteiger partial charge in [-0.2, -0.15) is 0 Å². The summed E-state index contributed by atoms with van der Waals surface area (Å²) in [6.45, 7) is 0.342. The molecule has 3 aromatic rings. The number of aromatic nitrogens is 1. The summed E-state index contributed by atoms with van der Waals surface area (Å²) in [5.41, 5.74) is 0.831. The van der Waals surface area contributed by atoms with Gasteiger partial charge in [-0.3, -0.25) is 24.1 Å². The monoisotopic (exact) mass is 687 g/mol. The topological polar surface area (TPSA) is 170 Å². The molecule has 258 valence electrons. The molecule has 12 nitrogen and oxygen atoms in total. The molecule has 13 heteroatoms. The fourth-order valence-corrected chi connectivity index (χ4v) is 8.46. The molecule has 0 bridgehead atoms. The van der Waals surface area contributed by atoms with Gasteiger partial charge in [0.15, 0.2) is 0 Å². The van der Waals surface area contributed by atoms with E-state index >= 15 is 0 Å². The highest BCUT2D eigenvalue weighted by atomic mass is 32.2. The number of hydrogen-bond donors (Lipinski definition) is 3. The van der Waals surface area contributed by atoms with Crippen LogP contribution in [0.4, 0.5) is 0 Å². The van der Waals surface area contributed by atoms with E-state index in [-0.39, 0.29) is 31.1 Å². The second-order valence-corrected chi connectivity index (χ2v) is 15.5. The van der Waals surface area contributed by atoms with Crippen LogP contribution >= 0.6 is 0 Å². The molecule has 3 aliphatic carbocycles. The van der Waals surface area contributed by atoms with E-state index in [1.807, 2.05) is 66.7 Å². The van der Waals surface area contributed by atoms with Gasteiger partial charge in [0.05, 0.1) is 35.4 Å². The van der Waals surface area contributed by atoms with Gasteiger partial charge in [-0.05, 0) is 63.5 Å². The third kappa shape index (κ3) is 6.73. The largest absolute Gasteiger partial charge is 0.497 e. The minimum atomic E-state index is -3.83. The van der Waals surface area contributed by atoms with Gasteiger partial charge < -0.3 is 14.8 Å². The zero-order chi connectivity index (χ0) is 34.3. The number of nitrogens with one attached hydrogen (secondary N) is 2. The van der Waals surface area contributed by atoms with E-state index in [0.29, 0.717) is 54.9 Å². The summed E-state index contributed by atoms with van der Waals surface area (Å²) < 4.78 is 39.8. The van der Waals surface area contributed by atoms with Crippen molar-refractivity contribution in [2.75, 3.05) is 13.7 Å². The molecule has 2 heterocycles. The Morgan fingerprint density at radius 1 is 1.06 bits per heavy atom. The lowest BCUT2D eigenvalue weighted by atomic mass is 9.93. The molecular weight excluding hydrogens is 646 g/mol. The fraction of sp³-hybridized carbons (Fsp3) is 0.444. The van der Waals surface area contributed by atoms with Crippen LogP contribution in [0.25, 0.3) is 22.2 Å². The minimum Gasteiger partial charge on any atom is -0.497 e. The number of rotatable bonds is 7. The second kappa shape index (κ2) is 13.1. The first kappa shape index (κ1) is 33.0. The van der Waals surface area contributed by atoms with Gasteiger partial charge in [-0.25, -0.2) is 19.2 Å². The molecule has 0 radical (unpaired) electrons. The van der Waals surface area contributed by atoms with E-state index in [2.05, 4.69) is 10.0 Å². The van der Waals surface area contributed by atoms with E-state index in [4.69, 9.17) is 20.3 Å². The maximum atomic E-state index is 14.1. The summed E-state index contributed by atoms with van der Waals surface area (Å²) in [4.78, 5) is 46.4. The molecule has 7 rings (SSSR count). The van der Waals surface area contributed by atoms with Crippen molar-refractivity contribution in [1.29, 1.82) is 0 Å². The molecule has 4 aliphatic rings. The summed E-state index contributed by atoms with van der Waals surface area (Å²) in [6.07, 6.45) is 7.11. The van der Waals surface area contributed by atoms with Crippen LogP contribution in [0.1, 0.15) is 51.4 Å². The van der Waals surface area contributed by atoms with Crippen molar-refractivity contribution in [2.24, 2.45) is 23.6 Å². The van der Waals surface area contributed by atoms with Crippen LogP contribution in [0.2, 0.25) is 0 Å². The van der Waals surface area contributed by atoms with Crippen LogP contribution < -0.4 is 25.4 Å². The quantitative estimate of drug-likeness (QED) is 0.191. The van der Waals surface area contributed by atoms with Gasteiger partial charge in [-0.15, -0.1) is 0 Å². The number of amides is 3. The predicted molar refractivity (Wildman–Crippen MR) is 182 cm³/mol. The standard InChI is InChI=1S/C36H41N5O7S/c1-47-24-12-15-27-31(19-24)38-30(22-9-5-4-6-10-22)20-32(27)48-25-17-28-29(18-25)34(43)41(37)16-8-3-2-7-11-23-21-36(23,39-33(28)42)35(44)40-49(45,46)26-13-14-26/h4-7,9-12,15,19-20,23,25-26,28-29H,2-3,8,13-14,16-18,21,37H2,1H3,(H,39,42)(H,40,44)/t23-,25-,28-,29-,36-/m1/s1. The Kier molecular flexibility index (Phi) is 8.82. The number of nitrogens with two attached hydrogens (primary N) is 1. The smallest absolute Gasteiger partial charge is 0.259 e. The number of methoxy groups -OCH3 is 1. The number of ether oxygens (including phenoxy) is 2. The third-order valence-electron chi connectivity index (χ3n) is 10.2. The molecule has 3 saturated carbocycles. The first-order valence-corrected chi connectivity index (χ1v) is 18.4. The van der Waals surface area contributed by atoms with Gasteiger partial charge in [0.25, 0.3) is 5.91 Å². The Morgan fingerprint density at radius 3 is 2.59 bits per heavy atom. The lowest BCUT2D eigenvalue weighted by Gasteiger charge is -2.26. The fourth-order valence-electron chi connectivity index (χ4n) is 7.09. The molecule has 0 spiro atoms. The number of hydrazine groups is 1. The highest BCUT2D eigenvalue weighted by Gasteiger charge is 2.62.